The van der Waals surface area contributed by atoms with Crippen LogP contribution in [0.25, 0.3) is 0 Å². The monoisotopic (exact) mass is 304 g/mol. The number of hydrogen-bond acceptors (Lipinski definition) is 5. The molecule has 1 aromatic carbocycles. The maximum atomic E-state index is 12.1. The van der Waals surface area contributed by atoms with Crippen LogP contribution < -0.4 is 5.32 Å². The third-order valence-electron chi connectivity index (χ3n) is 3.26. The third-order valence-corrected chi connectivity index (χ3v) is 3.26. The van der Waals surface area contributed by atoms with Crippen LogP contribution in [0.1, 0.15) is 27.8 Å². The van der Waals surface area contributed by atoms with Crippen LogP contribution in [-0.4, -0.2) is 24.5 Å². The Bertz CT molecular complexity index is 667. The minimum atomic E-state index is -0.507. The van der Waals surface area contributed by atoms with E-state index >= 15 is 0 Å². The number of nitrogens with one attached hydrogen (secondary N) is 1. The zero-order valence-electron chi connectivity index (χ0n) is 12.2. The van der Waals surface area contributed by atoms with E-state index in [2.05, 4.69) is 5.32 Å². The molecule has 22 heavy (non-hydrogen) atoms. The van der Waals surface area contributed by atoms with Gasteiger partial charge in [-0.05, 0) is 25.1 Å². The first kappa shape index (κ1) is 15.7. The third kappa shape index (κ3) is 3.50. The molecule has 0 aliphatic carbocycles. The summed E-state index contributed by atoms with van der Waals surface area (Å²) in [6.07, 6.45) is 1.10. The van der Waals surface area contributed by atoms with E-state index in [4.69, 9.17) is 9.15 Å². The summed E-state index contributed by atoms with van der Waals surface area (Å²) in [6, 6.07) is 7.84. The number of nitro groups is 1. The van der Waals surface area contributed by atoms with Gasteiger partial charge in [0.05, 0.1) is 17.7 Å². The van der Waals surface area contributed by atoms with Crippen LogP contribution in [0.4, 0.5) is 5.69 Å². The van der Waals surface area contributed by atoms with E-state index in [1.807, 2.05) is 0 Å². The number of nitrogens with zero attached hydrogens (tertiary/aromatic N) is 1. The number of ether oxygens (including phenoxy) is 1. The molecule has 1 amide bonds. The van der Waals surface area contributed by atoms with Crippen LogP contribution in [0.2, 0.25) is 0 Å². The SMILES string of the molecule is COC(CNC(=O)c1ccc(C)c([N+](=O)[O-])c1)c1ccco1. The van der Waals surface area contributed by atoms with Crippen LogP contribution in [0.3, 0.4) is 0 Å². The molecule has 0 aliphatic rings. The summed E-state index contributed by atoms with van der Waals surface area (Å²) >= 11 is 0. The molecule has 0 saturated carbocycles. The highest BCUT2D eigenvalue weighted by Crippen LogP contribution is 2.20. The van der Waals surface area contributed by atoms with Crippen molar-refractivity contribution in [3.05, 3.63) is 63.6 Å². The quantitative estimate of drug-likeness (QED) is 0.654. The average molecular weight is 304 g/mol. The molecule has 1 N–H and O–H groups in total. The number of amides is 1. The van der Waals surface area contributed by atoms with Crippen molar-refractivity contribution in [3.63, 3.8) is 0 Å². The van der Waals surface area contributed by atoms with Gasteiger partial charge in [-0.1, -0.05) is 6.07 Å². The maximum Gasteiger partial charge on any atom is 0.273 e. The van der Waals surface area contributed by atoms with Crippen molar-refractivity contribution < 1.29 is 18.9 Å². The normalized spacial score (nSPS) is 11.9. The van der Waals surface area contributed by atoms with Crippen LogP contribution >= 0.6 is 0 Å². The molecule has 1 atom stereocenters. The Labute approximate surface area is 127 Å². The average Bonchev–Trinajstić information content (AvgIpc) is 3.02. The van der Waals surface area contributed by atoms with E-state index < -0.39 is 16.9 Å². The highest BCUT2D eigenvalue weighted by Gasteiger charge is 2.18. The van der Waals surface area contributed by atoms with Crippen molar-refractivity contribution in [1.29, 1.82) is 0 Å². The van der Waals surface area contributed by atoms with E-state index in [9.17, 15) is 14.9 Å². The molecular formula is C15H16N2O5. The molecule has 7 heteroatoms. The number of hydrogen-bond donors (Lipinski definition) is 1. The second kappa shape index (κ2) is 6.86. The van der Waals surface area contributed by atoms with Crippen LogP contribution in [0, 0.1) is 17.0 Å². The number of carbonyl (C=O) groups is 1. The Morgan fingerprint density at radius 3 is 2.82 bits per heavy atom. The van der Waals surface area contributed by atoms with Gasteiger partial charge in [0.15, 0.2) is 0 Å². The number of aryl methyl sites for hydroxylation is 1. The first-order chi connectivity index (χ1) is 10.5. The fourth-order valence-electron chi connectivity index (χ4n) is 2.01. The summed E-state index contributed by atoms with van der Waals surface area (Å²) < 4.78 is 10.5. The number of rotatable bonds is 6. The molecule has 7 nitrogen and oxygen atoms in total. The highest BCUT2D eigenvalue weighted by molar-refractivity contribution is 5.95. The zero-order valence-corrected chi connectivity index (χ0v) is 12.2. The Kier molecular flexibility index (Phi) is 4.90. The van der Waals surface area contributed by atoms with Crippen LogP contribution in [0.15, 0.2) is 41.0 Å². The maximum absolute atomic E-state index is 12.1. The minimum absolute atomic E-state index is 0.0815. The van der Waals surface area contributed by atoms with Gasteiger partial charge in [-0.25, -0.2) is 0 Å². The highest BCUT2D eigenvalue weighted by atomic mass is 16.6. The van der Waals surface area contributed by atoms with Gasteiger partial charge in [-0.15, -0.1) is 0 Å². The smallest absolute Gasteiger partial charge is 0.273 e. The fourth-order valence-corrected chi connectivity index (χ4v) is 2.01. The second-order valence-electron chi connectivity index (χ2n) is 4.71. The fraction of sp³-hybridized carbons (Fsp3) is 0.267. The summed E-state index contributed by atoms with van der Waals surface area (Å²) in [7, 11) is 1.51. The van der Waals surface area contributed by atoms with Gasteiger partial charge in [-0.2, -0.15) is 0 Å². The summed E-state index contributed by atoms with van der Waals surface area (Å²) in [5.41, 5.74) is 0.653. The van der Waals surface area contributed by atoms with Gasteiger partial charge in [-0.3, -0.25) is 14.9 Å². The first-order valence-electron chi connectivity index (χ1n) is 6.62. The number of nitro benzene ring substituents is 1. The van der Waals surface area contributed by atoms with Crippen LogP contribution in [-0.2, 0) is 4.74 Å². The summed E-state index contributed by atoms with van der Waals surface area (Å²) in [6.45, 7) is 1.82. The van der Waals surface area contributed by atoms with Crippen molar-refractivity contribution in [3.8, 4) is 0 Å². The summed E-state index contributed by atoms with van der Waals surface area (Å²) in [5, 5.41) is 13.6. The minimum Gasteiger partial charge on any atom is -0.467 e. The topological polar surface area (TPSA) is 94.6 Å². The van der Waals surface area contributed by atoms with E-state index in [0.717, 1.165) is 0 Å². The zero-order chi connectivity index (χ0) is 16.1. The van der Waals surface area contributed by atoms with E-state index in [1.54, 1.807) is 31.2 Å². The lowest BCUT2D eigenvalue weighted by atomic mass is 10.1. The molecule has 1 unspecified atom stereocenters. The lowest BCUT2D eigenvalue weighted by Gasteiger charge is -2.13. The molecule has 116 valence electrons. The standard InChI is InChI=1S/C15H16N2O5/c1-10-5-6-11(8-12(10)17(19)20)15(18)16-9-14(21-2)13-4-3-7-22-13/h3-8,14H,9H2,1-2H3,(H,16,18). The largest absolute Gasteiger partial charge is 0.467 e. The van der Waals surface area contributed by atoms with E-state index in [-0.39, 0.29) is 17.8 Å². The molecule has 2 aromatic rings. The number of benzene rings is 1. The number of carbonyl (C=O) groups excluding carboxylic acids is 1. The second-order valence-corrected chi connectivity index (χ2v) is 4.71. The van der Waals surface area contributed by atoms with E-state index in [0.29, 0.717) is 11.3 Å². The molecule has 0 bridgehead atoms. The van der Waals surface area contributed by atoms with Crippen molar-refractivity contribution >= 4 is 11.6 Å². The molecular weight excluding hydrogens is 288 g/mol. The lowest BCUT2D eigenvalue weighted by molar-refractivity contribution is -0.385. The number of furan rings is 1. The van der Waals surface area contributed by atoms with Crippen molar-refractivity contribution in [2.45, 2.75) is 13.0 Å². The predicted octanol–water partition coefficient (Wildman–Crippen LogP) is 2.61. The Morgan fingerprint density at radius 1 is 1.45 bits per heavy atom. The Hall–Kier alpha value is -2.67. The van der Waals surface area contributed by atoms with Crippen LogP contribution in [0.5, 0.6) is 0 Å². The number of methoxy groups -OCH3 is 1. The summed E-state index contributed by atoms with van der Waals surface area (Å²) in [4.78, 5) is 22.5. The van der Waals surface area contributed by atoms with Gasteiger partial charge in [0.1, 0.15) is 11.9 Å². The molecule has 2 rings (SSSR count). The molecule has 1 aromatic heterocycles. The van der Waals surface area contributed by atoms with Gasteiger partial charge in [0.2, 0.25) is 0 Å². The van der Waals surface area contributed by atoms with Crippen molar-refractivity contribution in [1.82, 2.24) is 5.32 Å². The molecule has 1 heterocycles. The van der Waals surface area contributed by atoms with Gasteiger partial charge >= 0.3 is 0 Å². The lowest BCUT2D eigenvalue weighted by Crippen LogP contribution is -2.29. The Morgan fingerprint density at radius 2 is 2.23 bits per heavy atom. The first-order valence-corrected chi connectivity index (χ1v) is 6.62. The van der Waals surface area contributed by atoms with E-state index in [1.165, 1.54) is 19.4 Å². The van der Waals surface area contributed by atoms with Gasteiger partial charge in [0, 0.05) is 24.3 Å². The van der Waals surface area contributed by atoms with Gasteiger partial charge in [0.25, 0.3) is 11.6 Å². The molecule has 0 fully saturated rings. The predicted molar refractivity (Wildman–Crippen MR) is 78.6 cm³/mol. The molecule has 0 saturated heterocycles. The Balaban J connectivity index is 2.06. The summed E-state index contributed by atoms with van der Waals surface area (Å²) in [5.74, 6) is 0.189. The molecule has 0 spiro atoms. The van der Waals surface area contributed by atoms with Crippen molar-refractivity contribution in [2.24, 2.45) is 0 Å². The van der Waals surface area contributed by atoms with Gasteiger partial charge < -0.3 is 14.5 Å². The molecule has 0 aliphatic heterocycles. The van der Waals surface area contributed by atoms with Crippen molar-refractivity contribution in [2.75, 3.05) is 13.7 Å². The molecule has 0 radical (unpaired) electrons.